The molecular weight excluding hydrogens is 216 g/mol. The minimum Gasteiger partial charge on any atom is -0.317 e. The molecule has 17 heavy (non-hydrogen) atoms. The van der Waals surface area contributed by atoms with Gasteiger partial charge in [0, 0.05) is 12.0 Å². The van der Waals surface area contributed by atoms with Crippen molar-refractivity contribution in [1.29, 1.82) is 0 Å². The SMILES string of the molecule is CC(C)n1ncnc1CC(=O)C1CCNCC1. The lowest BCUT2D eigenvalue weighted by atomic mass is 9.92. The van der Waals surface area contributed by atoms with Crippen LogP contribution in [0.25, 0.3) is 0 Å². The summed E-state index contributed by atoms with van der Waals surface area (Å²) in [7, 11) is 0. The van der Waals surface area contributed by atoms with Crippen LogP contribution in [0.5, 0.6) is 0 Å². The number of rotatable bonds is 4. The molecule has 2 heterocycles. The van der Waals surface area contributed by atoms with Crippen LogP contribution in [-0.4, -0.2) is 33.6 Å². The highest BCUT2D eigenvalue weighted by Gasteiger charge is 2.22. The Balaban J connectivity index is 1.99. The van der Waals surface area contributed by atoms with Gasteiger partial charge in [-0.3, -0.25) is 4.79 Å². The monoisotopic (exact) mass is 236 g/mol. The van der Waals surface area contributed by atoms with Gasteiger partial charge in [-0.25, -0.2) is 9.67 Å². The van der Waals surface area contributed by atoms with Crippen molar-refractivity contribution in [3.8, 4) is 0 Å². The molecule has 1 aromatic rings. The highest BCUT2D eigenvalue weighted by Crippen LogP contribution is 2.16. The van der Waals surface area contributed by atoms with Crippen molar-refractivity contribution >= 4 is 5.78 Å². The van der Waals surface area contributed by atoms with Crippen LogP contribution < -0.4 is 5.32 Å². The predicted octanol–water partition coefficient (Wildman–Crippen LogP) is 0.970. The van der Waals surface area contributed by atoms with E-state index in [0.29, 0.717) is 12.2 Å². The molecule has 0 saturated carbocycles. The lowest BCUT2D eigenvalue weighted by Crippen LogP contribution is -2.33. The normalized spacial score (nSPS) is 17.6. The number of carbonyl (C=O) groups excluding carboxylic acids is 1. The maximum absolute atomic E-state index is 12.1. The van der Waals surface area contributed by atoms with Crippen molar-refractivity contribution in [3.63, 3.8) is 0 Å². The van der Waals surface area contributed by atoms with E-state index >= 15 is 0 Å². The lowest BCUT2D eigenvalue weighted by molar-refractivity contribution is -0.123. The maximum Gasteiger partial charge on any atom is 0.143 e. The molecular formula is C12H20N4O. The highest BCUT2D eigenvalue weighted by molar-refractivity contribution is 5.82. The Hall–Kier alpha value is -1.23. The van der Waals surface area contributed by atoms with E-state index in [-0.39, 0.29) is 12.0 Å². The molecule has 1 aromatic heterocycles. The minimum atomic E-state index is 0.202. The van der Waals surface area contributed by atoms with Crippen LogP contribution in [0, 0.1) is 5.92 Å². The average Bonchev–Trinajstić information content (AvgIpc) is 2.78. The van der Waals surface area contributed by atoms with Gasteiger partial charge in [-0.1, -0.05) is 0 Å². The molecule has 0 amide bonds. The molecule has 1 aliphatic rings. The van der Waals surface area contributed by atoms with Gasteiger partial charge >= 0.3 is 0 Å². The van der Waals surface area contributed by atoms with Gasteiger partial charge in [0.2, 0.25) is 0 Å². The Bertz CT molecular complexity index is 380. The molecule has 1 aliphatic heterocycles. The summed E-state index contributed by atoms with van der Waals surface area (Å²) in [4.78, 5) is 16.3. The van der Waals surface area contributed by atoms with E-state index in [9.17, 15) is 4.79 Å². The van der Waals surface area contributed by atoms with Gasteiger partial charge in [0.1, 0.15) is 17.9 Å². The molecule has 0 aromatic carbocycles. The first-order valence-electron chi connectivity index (χ1n) is 6.30. The van der Waals surface area contributed by atoms with Crippen molar-refractivity contribution in [2.75, 3.05) is 13.1 Å². The quantitative estimate of drug-likeness (QED) is 0.846. The molecule has 2 rings (SSSR count). The van der Waals surface area contributed by atoms with E-state index in [1.807, 2.05) is 18.5 Å². The largest absolute Gasteiger partial charge is 0.317 e. The number of hydrogen-bond acceptors (Lipinski definition) is 4. The molecule has 94 valence electrons. The van der Waals surface area contributed by atoms with E-state index in [2.05, 4.69) is 15.4 Å². The molecule has 0 radical (unpaired) electrons. The molecule has 0 spiro atoms. The first-order valence-corrected chi connectivity index (χ1v) is 6.30. The van der Waals surface area contributed by atoms with Crippen LogP contribution >= 0.6 is 0 Å². The third-order valence-corrected chi connectivity index (χ3v) is 3.26. The molecule has 1 N–H and O–H groups in total. The molecule has 5 nitrogen and oxygen atoms in total. The van der Waals surface area contributed by atoms with Gasteiger partial charge in [-0.05, 0) is 39.8 Å². The zero-order valence-electron chi connectivity index (χ0n) is 10.5. The fraction of sp³-hybridized carbons (Fsp3) is 0.750. The molecule has 0 bridgehead atoms. The van der Waals surface area contributed by atoms with Gasteiger partial charge in [-0.2, -0.15) is 5.10 Å². The Morgan fingerprint density at radius 1 is 1.53 bits per heavy atom. The van der Waals surface area contributed by atoms with Gasteiger partial charge in [0.15, 0.2) is 0 Å². The number of nitrogens with one attached hydrogen (secondary N) is 1. The second-order valence-corrected chi connectivity index (χ2v) is 4.88. The van der Waals surface area contributed by atoms with Gasteiger partial charge in [0.25, 0.3) is 0 Å². The average molecular weight is 236 g/mol. The summed E-state index contributed by atoms with van der Waals surface area (Å²) < 4.78 is 1.83. The number of nitrogens with zero attached hydrogens (tertiary/aromatic N) is 3. The van der Waals surface area contributed by atoms with Gasteiger partial charge < -0.3 is 5.32 Å². The van der Waals surface area contributed by atoms with Crippen molar-refractivity contribution < 1.29 is 4.79 Å². The summed E-state index contributed by atoms with van der Waals surface area (Å²) in [6.07, 6.45) is 3.86. The summed E-state index contributed by atoms with van der Waals surface area (Å²) in [5.41, 5.74) is 0. The Morgan fingerprint density at radius 3 is 2.88 bits per heavy atom. The molecule has 0 aliphatic carbocycles. The predicted molar refractivity (Wildman–Crippen MR) is 64.7 cm³/mol. The summed E-state index contributed by atoms with van der Waals surface area (Å²) in [6.45, 7) is 6.00. The zero-order chi connectivity index (χ0) is 12.3. The third-order valence-electron chi connectivity index (χ3n) is 3.26. The summed E-state index contributed by atoms with van der Waals surface area (Å²) in [5, 5.41) is 7.43. The van der Waals surface area contributed by atoms with Gasteiger partial charge in [-0.15, -0.1) is 0 Å². The smallest absolute Gasteiger partial charge is 0.143 e. The Morgan fingerprint density at radius 2 is 2.24 bits per heavy atom. The van der Waals surface area contributed by atoms with Crippen molar-refractivity contribution in [3.05, 3.63) is 12.2 Å². The van der Waals surface area contributed by atoms with Crippen LogP contribution in [0.2, 0.25) is 0 Å². The fourth-order valence-electron chi connectivity index (χ4n) is 2.28. The van der Waals surface area contributed by atoms with Crippen LogP contribution in [-0.2, 0) is 11.2 Å². The van der Waals surface area contributed by atoms with Crippen LogP contribution in [0.15, 0.2) is 6.33 Å². The van der Waals surface area contributed by atoms with E-state index in [4.69, 9.17) is 0 Å². The number of ketones is 1. The van der Waals surface area contributed by atoms with Crippen LogP contribution in [0.3, 0.4) is 0 Å². The molecule has 1 fully saturated rings. The number of carbonyl (C=O) groups is 1. The van der Waals surface area contributed by atoms with Gasteiger partial charge in [0.05, 0.1) is 6.42 Å². The lowest BCUT2D eigenvalue weighted by Gasteiger charge is -2.21. The second kappa shape index (κ2) is 5.40. The molecule has 5 heteroatoms. The van der Waals surface area contributed by atoms with E-state index in [1.165, 1.54) is 6.33 Å². The zero-order valence-corrected chi connectivity index (χ0v) is 10.5. The van der Waals surface area contributed by atoms with Crippen molar-refractivity contribution in [2.45, 2.75) is 39.2 Å². The fourth-order valence-corrected chi connectivity index (χ4v) is 2.28. The summed E-state index contributed by atoms with van der Waals surface area (Å²) >= 11 is 0. The first kappa shape index (κ1) is 12.2. The minimum absolute atomic E-state index is 0.202. The first-order chi connectivity index (χ1) is 8.18. The highest BCUT2D eigenvalue weighted by atomic mass is 16.1. The van der Waals surface area contributed by atoms with E-state index < -0.39 is 0 Å². The Labute approximate surface area is 102 Å². The maximum atomic E-state index is 12.1. The second-order valence-electron chi connectivity index (χ2n) is 4.88. The van der Waals surface area contributed by atoms with E-state index in [1.54, 1.807) is 0 Å². The van der Waals surface area contributed by atoms with E-state index in [0.717, 1.165) is 31.8 Å². The number of piperidine rings is 1. The molecule has 0 atom stereocenters. The summed E-state index contributed by atoms with van der Waals surface area (Å²) in [5.74, 6) is 1.30. The number of hydrogen-bond donors (Lipinski definition) is 1. The molecule has 1 saturated heterocycles. The summed E-state index contributed by atoms with van der Waals surface area (Å²) in [6, 6.07) is 0.258. The standard InChI is InChI=1S/C12H20N4O/c1-9(2)16-12(14-8-15-16)7-11(17)10-3-5-13-6-4-10/h8-10,13H,3-7H2,1-2H3. The Kier molecular flexibility index (Phi) is 3.89. The van der Waals surface area contributed by atoms with Crippen molar-refractivity contribution in [1.82, 2.24) is 20.1 Å². The molecule has 0 unspecified atom stereocenters. The van der Waals surface area contributed by atoms with Crippen molar-refractivity contribution in [2.24, 2.45) is 5.92 Å². The number of Topliss-reactive ketones (excluding diaryl/α,β-unsaturated/α-hetero) is 1. The third kappa shape index (κ3) is 2.91. The topological polar surface area (TPSA) is 59.8 Å². The number of aromatic nitrogens is 3. The van der Waals surface area contributed by atoms with Crippen LogP contribution in [0.1, 0.15) is 38.6 Å². The van der Waals surface area contributed by atoms with Crippen LogP contribution in [0.4, 0.5) is 0 Å².